The lowest BCUT2D eigenvalue weighted by Gasteiger charge is -2.13. The van der Waals surface area contributed by atoms with E-state index in [2.05, 4.69) is 4.98 Å². The quantitative estimate of drug-likeness (QED) is 0.900. The summed E-state index contributed by atoms with van der Waals surface area (Å²) in [7, 11) is 3.98. The van der Waals surface area contributed by atoms with Gasteiger partial charge in [0.2, 0.25) is 5.88 Å². The van der Waals surface area contributed by atoms with Crippen molar-refractivity contribution in [1.82, 2.24) is 4.98 Å². The molecular weight excluding hydrogens is 226 g/mol. The van der Waals surface area contributed by atoms with Crippen molar-refractivity contribution in [2.45, 2.75) is 6.92 Å². The Labute approximate surface area is 107 Å². The van der Waals surface area contributed by atoms with Crippen LogP contribution in [0, 0.1) is 6.92 Å². The van der Waals surface area contributed by atoms with Crippen LogP contribution in [-0.2, 0) is 0 Å². The van der Waals surface area contributed by atoms with Crippen molar-refractivity contribution in [3.63, 3.8) is 0 Å². The number of nitrogens with two attached hydrogens (primary N) is 1. The summed E-state index contributed by atoms with van der Waals surface area (Å²) >= 11 is 0. The topological polar surface area (TPSA) is 51.4 Å². The van der Waals surface area contributed by atoms with E-state index in [1.165, 1.54) is 0 Å². The summed E-state index contributed by atoms with van der Waals surface area (Å²) in [5.74, 6) is 1.32. The van der Waals surface area contributed by atoms with E-state index in [1.54, 1.807) is 12.1 Å². The predicted octanol–water partition coefficient (Wildman–Crippen LogP) is 2.83. The molecule has 0 aliphatic heterocycles. The molecule has 0 saturated heterocycles. The number of rotatable bonds is 3. The number of hydrogen-bond donors (Lipinski definition) is 1. The number of nitrogen functional groups attached to an aromatic ring is 1. The zero-order chi connectivity index (χ0) is 13.1. The summed E-state index contributed by atoms with van der Waals surface area (Å²) in [6.07, 6.45) is 0. The van der Waals surface area contributed by atoms with Crippen LogP contribution in [0.1, 0.15) is 5.69 Å². The lowest BCUT2D eigenvalue weighted by molar-refractivity contribution is 0.462. The van der Waals surface area contributed by atoms with E-state index >= 15 is 0 Å². The number of benzene rings is 1. The molecule has 4 nitrogen and oxygen atoms in total. The van der Waals surface area contributed by atoms with Gasteiger partial charge in [0, 0.05) is 31.9 Å². The molecule has 4 heteroatoms. The minimum Gasteiger partial charge on any atom is -0.439 e. The van der Waals surface area contributed by atoms with E-state index < -0.39 is 0 Å². The monoisotopic (exact) mass is 243 g/mol. The molecule has 1 heterocycles. The highest BCUT2D eigenvalue weighted by atomic mass is 16.5. The number of pyridine rings is 1. The molecular formula is C14H17N3O. The maximum absolute atomic E-state index is 5.72. The van der Waals surface area contributed by atoms with Gasteiger partial charge in [-0.3, -0.25) is 0 Å². The third kappa shape index (κ3) is 2.71. The van der Waals surface area contributed by atoms with Crippen molar-refractivity contribution in [2.75, 3.05) is 24.7 Å². The van der Waals surface area contributed by atoms with Crippen LogP contribution >= 0.6 is 0 Å². The summed E-state index contributed by atoms with van der Waals surface area (Å²) in [6.45, 7) is 1.86. The summed E-state index contributed by atoms with van der Waals surface area (Å²) < 4.78 is 5.71. The molecule has 0 unspecified atom stereocenters. The van der Waals surface area contributed by atoms with Crippen molar-refractivity contribution in [3.8, 4) is 11.6 Å². The number of nitrogens with zero attached hydrogens (tertiary/aromatic N) is 2. The number of aromatic nitrogens is 1. The second-order valence-electron chi connectivity index (χ2n) is 4.32. The molecule has 0 bridgehead atoms. The second-order valence-corrected chi connectivity index (χ2v) is 4.32. The molecule has 0 atom stereocenters. The van der Waals surface area contributed by atoms with Crippen LogP contribution in [0.4, 0.5) is 11.4 Å². The Morgan fingerprint density at radius 1 is 1.17 bits per heavy atom. The minimum absolute atomic E-state index is 0.553. The van der Waals surface area contributed by atoms with Crippen LogP contribution in [0.5, 0.6) is 11.6 Å². The van der Waals surface area contributed by atoms with E-state index in [-0.39, 0.29) is 0 Å². The highest BCUT2D eigenvalue weighted by Crippen LogP contribution is 2.25. The van der Waals surface area contributed by atoms with Gasteiger partial charge in [0.05, 0.1) is 11.4 Å². The van der Waals surface area contributed by atoms with Crippen molar-refractivity contribution >= 4 is 11.4 Å². The molecule has 2 N–H and O–H groups in total. The predicted molar refractivity (Wildman–Crippen MR) is 74.2 cm³/mol. The summed E-state index contributed by atoms with van der Waals surface area (Å²) in [5.41, 5.74) is 8.25. The third-order valence-electron chi connectivity index (χ3n) is 2.66. The fourth-order valence-electron chi connectivity index (χ4n) is 1.55. The van der Waals surface area contributed by atoms with E-state index in [1.807, 2.05) is 50.2 Å². The molecule has 94 valence electrons. The highest BCUT2D eigenvalue weighted by Gasteiger charge is 2.03. The highest BCUT2D eigenvalue weighted by molar-refractivity contribution is 5.50. The lowest BCUT2D eigenvalue weighted by Crippen LogP contribution is -2.08. The van der Waals surface area contributed by atoms with E-state index in [9.17, 15) is 0 Å². The van der Waals surface area contributed by atoms with Gasteiger partial charge >= 0.3 is 0 Å². The number of ether oxygens (including phenoxy) is 1. The first-order valence-electron chi connectivity index (χ1n) is 5.74. The normalized spacial score (nSPS) is 10.2. The molecule has 0 amide bonds. The molecule has 0 aliphatic carbocycles. The van der Waals surface area contributed by atoms with E-state index in [0.717, 1.165) is 17.1 Å². The fourth-order valence-corrected chi connectivity index (χ4v) is 1.55. The molecule has 0 aliphatic rings. The van der Waals surface area contributed by atoms with Gasteiger partial charge in [-0.15, -0.1) is 0 Å². The minimum atomic E-state index is 0.553. The van der Waals surface area contributed by atoms with Crippen LogP contribution in [0.25, 0.3) is 0 Å². The number of hydrogen-bond acceptors (Lipinski definition) is 4. The van der Waals surface area contributed by atoms with Crippen LogP contribution in [-0.4, -0.2) is 19.1 Å². The van der Waals surface area contributed by atoms with E-state index in [0.29, 0.717) is 11.6 Å². The van der Waals surface area contributed by atoms with Gasteiger partial charge < -0.3 is 15.4 Å². The van der Waals surface area contributed by atoms with Gasteiger partial charge in [0.1, 0.15) is 5.75 Å². The van der Waals surface area contributed by atoms with Gasteiger partial charge in [-0.05, 0) is 25.1 Å². The largest absolute Gasteiger partial charge is 0.439 e. The van der Waals surface area contributed by atoms with Gasteiger partial charge in [0.15, 0.2) is 0 Å². The molecule has 0 spiro atoms. The molecule has 1 aromatic heterocycles. The van der Waals surface area contributed by atoms with Gasteiger partial charge in [0.25, 0.3) is 0 Å². The Morgan fingerprint density at radius 3 is 2.61 bits per heavy atom. The zero-order valence-corrected chi connectivity index (χ0v) is 10.8. The average Bonchev–Trinajstić information content (AvgIpc) is 2.34. The first kappa shape index (κ1) is 12.2. The molecule has 0 fully saturated rings. The van der Waals surface area contributed by atoms with E-state index in [4.69, 9.17) is 10.5 Å². The molecule has 0 saturated carbocycles. The summed E-state index contributed by atoms with van der Waals surface area (Å²) in [6, 6.07) is 11.4. The van der Waals surface area contributed by atoms with Crippen LogP contribution in [0.2, 0.25) is 0 Å². The van der Waals surface area contributed by atoms with Gasteiger partial charge in [-0.1, -0.05) is 6.07 Å². The molecule has 2 aromatic rings. The number of anilines is 2. The second kappa shape index (κ2) is 4.96. The smallest absolute Gasteiger partial charge is 0.219 e. The van der Waals surface area contributed by atoms with Crippen molar-refractivity contribution < 1.29 is 4.74 Å². The molecule has 2 rings (SSSR count). The van der Waals surface area contributed by atoms with Crippen LogP contribution < -0.4 is 15.4 Å². The molecule has 18 heavy (non-hydrogen) atoms. The van der Waals surface area contributed by atoms with Crippen LogP contribution in [0.3, 0.4) is 0 Å². The fraction of sp³-hybridized carbons (Fsp3) is 0.214. The maximum Gasteiger partial charge on any atom is 0.219 e. The third-order valence-corrected chi connectivity index (χ3v) is 2.66. The Hall–Kier alpha value is -2.23. The first-order valence-corrected chi connectivity index (χ1v) is 5.74. The Morgan fingerprint density at radius 2 is 1.94 bits per heavy atom. The number of aryl methyl sites for hydroxylation is 1. The lowest BCUT2D eigenvalue weighted by atomic mass is 10.3. The Bertz CT molecular complexity index is 552. The average molecular weight is 243 g/mol. The van der Waals surface area contributed by atoms with Crippen LogP contribution in [0.15, 0.2) is 36.4 Å². The SMILES string of the molecule is Cc1nc(Oc2cccc(N(C)C)c2)ccc1N. The van der Waals surface area contributed by atoms with Crippen molar-refractivity contribution in [3.05, 3.63) is 42.1 Å². The molecule has 1 aromatic carbocycles. The first-order chi connectivity index (χ1) is 8.56. The van der Waals surface area contributed by atoms with Gasteiger partial charge in [-0.25, -0.2) is 4.98 Å². The summed E-state index contributed by atoms with van der Waals surface area (Å²) in [4.78, 5) is 6.30. The van der Waals surface area contributed by atoms with Gasteiger partial charge in [-0.2, -0.15) is 0 Å². The van der Waals surface area contributed by atoms with Crippen molar-refractivity contribution in [1.29, 1.82) is 0 Å². The standard InChI is InChI=1S/C14H17N3O/c1-10-13(15)7-8-14(16-10)18-12-6-4-5-11(9-12)17(2)3/h4-9H,15H2,1-3H3. The Kier molecular flexibility index (Phi) is 3.37. The van der Waals surface area contributed by atoms with Crippen molar-refractivity contribution in [2.24, 2.45) is 0 Å². The summed E-state index contributed by atoms with van der Waals surface area (Å²) in [5, 5.41) is 0. The Balaban J connectivity index is 2.23. The zero-order valence-electron chi connectivity index (χ0n) is 10.8. The molecule has 0 radical (unpaired) electrons. The maximum atomic E-state index is 5.72.